The van der Waals surface area contributed by atoms with Crippen molar-refractivity contribution in [3.8, 4) is 11.5 Å². The Morgan fingerprint density at radius 1 is 0.903 bits per heavy atom. The fourth-order valence-electron chi connectivity index (χ4n) is 5.10. The number of para-hydroxylation sites is 1. The van der Waals surface area contributed by atoms with Crippen LogP contribution in [0, 0.1) is 6.92 Å². The van der Waals surface area contributed by atoms with Gasteiger partial charge >= 0.3 is 0 Å². The molecule has 2 aliphatic heterocycles. The van der Waals surface area contributed by atoms with Gasteiger partial charge in [0.05, 0.1) is 11.4 Å². The average Bonchev–Trinajstić information content (AvgIpc) is 3.47. The summed E-state index contributed by atoms with van der Waals surface area (Å²) in [7, 11) is 0. The topological polar surface area (TPSA) is 46.3 Å². The summed E-state index contributed by atoms with van der Waals surface area (Å²) < 4.78 is 3.89. The summed E-state index contributed by atoms with van der Waals surface area (Å²) in [4.78, 5) is 18.4. The molecule has 0 atom stereocenters. The fourth-order valence-corrected chi connectivity index (χ4v) is 5.10. The zero-order chi connectivity index (χ0) is 21.2. The molecule has 2 saturated heterocycles. The second-order valence-corrected chi connectivity index (χ2v) is 8.74. The summed E-state index contributed by atoms with van der Waals surface area (Å²) in [5, 5.41) is 4.78. The molecular weight excluding hydrogens is 386 g/mol. The molecule has 0 saturated carbocycles. The third-order valence-corrected chi connectivity index (χ3v) is 6.76. The quantitative estimate of drug-likeness (QED) is 0.643. The van der Waals surface area contributed by atoms with Crippen LogP contribution in [0.3, 0.4) is 0 Å². The van der Waals surface area contributed by atoms with E-state index in [0.717, 1.165) is 43.1 Å². The smallest absolute Gasteiger partial charge is 0.259 e. The van der Waals surface area contributed by atoms with Crippen LogP contribution in [-0.2, 0) is 0 Å². The summed E-state index contributed by atoms with van der Waals surface area (Å²) in [5.41, 5.74) is 2.43. The van der Waals surface area contributed by atoms with Crippen LogP contribution in [0.25, 0.3) is 11.5 Å². The number of carbonyl (C=O) groups is 1. The average molecular weight is 418 g/mol. The number of rotatable bonds is 4. The van der Waals surface area contributed by atoms with Crippen molar-refractivity contribution in [3.05, 3.63) is 66.1 Å². The maximum Gasteiger partial charge on any atom is 0.259 e. The number of amides is 1. The third-order valence-electron chi connectivity index (χ3n) is 6.76. The van der Waals surface area contributed by atoms with Crippen LogP contribution < -0.4 is 0 Å². The lowest BCUT2D eigenvalue weighted by molar-refractivity contribution is 0.0589. The van der Waals surface area contributed by atoms with Crippen LogP contribution >= 0.6 is 0 Å². The van der Waals surface area contributed by atoms with Gasteiger partial charge in [0.2, 0.25) is 0 Å². The van der Waals surface area contributed by atoms with Gasteiger partial charge in [-0.15, -0.1) is 0 Å². The lowest BCUT2D eigenvalue weighted by atomic mass is 9.99. The molecule has 0 radical (unpaired) electrons. The molecule has 3 aromatic rings. The largest absolute Gasteiger partial charge is 0.338 e. The molecular formula is C25H31N5O. The Balaban J connectivity index is 1.42. The Labute approximate surface area is 184 Å². The lowest BCUT2D eigenvalue weighted by Gasteiger charge is -2.40. The van der Waals surface area contributed by atoms with Crippen molar-refractivity contribution in [2.45, 2.75) is 45.1 Å². The van der Waals surface area contributed by atoms with Gasteiger partial charge in [0.15, 0.2) is 5.82 Å². The highest BCUT2D eigenvalue weighted by Gasteiger charge is 2.32. The van der Waals surface area contributed by atoms with Gasteiger partial charge in [-0.25, -0.2) is 4.68 Å². The molecule has 0 unspecified atom stereocenters. The number of hydrogen-bond acceptors (Lipinski definition) is 3. The van der Waals surface area contributed by atoms with E-state index in [-0.39, 0.29) is 5.91 Å². The van der Waals surface area contributed by atoms with Crippen molar-refractivity contribution >= 4 is 5.91 Å². The van der Waals surface area contributed by atoms with E-state index in [9.17, 15) is 4.79 Å². The van der Waals surface area contributed by atoms with Crippen LogP contribution in [0.5, 0.6) is 0 Å². The second kappa shape index (κ2) is 8.71. The van der Waals surface area contributed by atoms with Crippen LogP contribution in [-0.4, -0.2) is 62.3 Å². The predicted molar refractivity (Wildman–Crippen MR) is 122 cm³/mol. The number of hydrogen-bond donors (Lipinski definition) is 0. The van der Waals surface area contributed by atoms with Crippen molar-refractivity contribution in [1.29, 1.82) is 0 Å². The van der Waals surface area contributed by atoms with E-state index in [0.29, 0.717) is 11.6 Å². The molecule has 1 amide bonds. The van der Waals surface area contributed by atoms with Crippen molar-refractivity contribution in [2.75, 3.05) is 26.2 Å². The zero-order valence-electron chi connectivity index (χ0n) is 18.3. The van der Waals surface area contributed by atoms with Crippen LogP contribution in [0.1, 0.15) is 48.2 Å². The van der Waals surface area contributed by atoms with Crippen molar-refractivity contribution in [2.24, 2.45) is 0 Å². The van der Waals surface area contributed by atoms with E-state index in [1.807, 2.05) is 75.9 Å². The van der Waals surface area contributed by atoms with Gasteiger partial charge in [-0.1, -0.05) is 24.6 Å². The Morgan fingerprint density at radius 3 is 2.26 bits per heavy atom. The first kappa shape index (κ1) is 20.1. The molecule has 162 valence electrons. The highest BCUT2D eigenvalue weighted by molar-refractivity contribution is 5.98. The normalized spacial score (nSPS) is 18.4. The van der Waals surface area contributed by atoms with Crippen molar-refractivity contribution in [1.82, 2.24) is 24.1 Å². The molecule has 6 heteroatoms. The van der Waals surface area contributed by atoms with Gasteiger partial charge < -0.3 is 14.4 Å². The molecule has 31 heavy (non-hydrogen) atoms. The number of piperidine rings is 2. The molecule has 2 aliphatic rings. The summed E-state index contributed by atoms with van der Waals surface area (Å²) in [5.74, 6) is 0.914. The predicted octanol–water partition coefficient (Wildman–Crippen LogP) is 4.06. The Hall–Kier alpha value is -2.86. The molecule has 0 bridgehead atoms. The standard InChI is InChI=1S/C25H31N5O/c1-20-23(25(31)29-18-12-21(13-19-29)27-14-6-3-7-15-27)24(28-16-8-9-17-28)30(26-20)22-10-4-2-5-11-22/h2,4-5,8-11,16-17,21H,3,6-7,12-15,18-19H2,1H3. The van der Waals surface area contributed by atoms with E-state index in [1.54, 1.807) is 0 Å². The van der Waals surface area contributed by atoms with Gasteiger partial charge in [0.1, 0.15) is 5.56 Å². The monoisotopic (exact) mass is 417 g/mol. The first-order valence-electron chi connectivity index (χ1n) is 11.5. The number of nitrogens with zero attached hydrogens (tertiary/aromatic N) is 5. The minimum atomic E-state index is 0.0977. The van der Waals surface area contributed by atoms with E-state index < -0.39 is 0 Å². The number of aromatic nitrogens is 3. The zero-order valence-corrected chi connectivity index (χ0v) is 18.3. The summed E-state index contributed by atoms with van der Waals surface area (Å²) in [6, 6.07) is 14.6. The van der Waals surface area contributed by atoms with E-state index >= 15 is 0 Å². The molecule has 0 spiro atoms. The summed E-state index contributed by atoms with van der Waals surface area (Å²) in [6.45, 7) is 6.03. The Morgan fingerprint density at radius 2 is 1.58 bits per heavy atom. The first-order valence-corrected chi connectivity index (χ1v) is 11.5. The van der Waals surface area contributed by atoms with Gasteiger partial charge in [-0.05, 0) is 70.0 Å². The maximum atomic E-state index is 13.7. The van der Waals surface area contributed by atoms with Gasteiger partial charge in [0, 0.05) is 31.5 Å². The molecule has 0 N–H and O–H groups in total. The highest BCUT2D eigenvalue weighted by atomic mass is 16.2. The summed E-state index contributed by atoms with van der Waals surface area (Å²) >= 11 is 0. The number of carbonyl (C=O) groups excluding carboxylic acids is 1. The van der Waals surface area contributed by atoms with Crippen molar-refractivity contribution < 1.29 is 4.79 Å². The molecule has 6 nitrogen and oxygen atoms in total. The number of aryl methyl sites for hydroxylation is 1. The highest BCUT2D eigenvalue weighted by Crippen LogP contribution is 2.27. The van der Waals surface area contributed by atoms with Crippen LogP contribution in [0.4, 0.5) is 0 Å². The van der Waals surface area contributed by atoms with E-state index in [2.05, 4.69) is 4.90 Å². The molecule has 4 heterocycles. The van der Waals surface area contributed by atoms with Gasteiger partial charge in [-0.3, -0.25) is 4.79 Å². The Kier molecular flexibility index (Phi) is 5.64. The van der Waals surface area contributed by atoms with Crippen LogP contribution in [0.2, 0.25) is 0 Å². The maximum absolute atomic E-state index is 13.7. The first-order chi connectivity index (χ1) is 15.2. The molecule has 2 fully saturated rings. The SMILES string of the molecule is Cc1nn(-c2ccccc2)c(-n2cccc2)c1C(=O)N1CCC(N2CCCCC2)CC1. The molecule has 1 aromatic carbocycles. The molecule has 5 rings (SSSR count). The minimum Gasteiger partial charge on any atom is -0.338 e. The van der Waals surface area contributed by atoms with E-state index in [4.69, 9.17) is 5.10 Å². The van der Waals surface area contributed by atoms with Gasteiger partial charge in [0.25, 0.3) is 5.91 Å². The summed E-state index contributed by atoms with van der Waals surface area (Å²) in [6.07, 6.45) is 10.1. The second-order valence-electron chi connectivity index (χ2n) is 8.74. The molecule has 2 aromatic heterocycles. The van der Waals surface area contributed by atoms with Crippen LogP contribution in [0.15, 0.2) is 54.9 Å². The van der Waals surface area contributed by atoms with Crippen molar-refractivity contribution in [3.63, 3.8) is 0 Å². The fraction of sp³-hybridized carbons (Fsp3) is 0.440. The van der Waals surface area contributed by atoms with Gasteiger partial charge in [-0.2, -0.15) is 5.10 Å². The number of benzene rings is 1. The number of likely N-dealkylation sites (tertiary alicyclic amines) is 2. The Bertz CT molecular complexity index is 1010. The van der Waals surface area contributed by atoms with E-state index in [1.165, 1.54) is 32.4 Å². The lowest BCUT2D eigenvalue weighted by Crippen LogP contribution is -2.48. The molecule has 0 aliphatic carbocycles. The third kappa shape index (κ3) is 3.92. The minimum absolute atomic E-state index is 0.0977.